The minimum absolute atomic E-state index is 0.0339. The lowest BCUT2D eigenvalue weighted by molar-refractivity contribution is 0.244. The Morgan fingerprint density at radius 1 is 1.00 bits per heavy atom. The predicted octanol–water partition coefficient (Wildman–Crippen LogP) is 6.03. The Labute approximate surface area is 206 Å². The van der Waals surface area contributed by atoms with Gasteiger partial charge in [0.15, 0.2) is 0 Å². The molecule has 36 heavy (non-hydrogen) atoms. The van der Waals surface area contributed by atoms with Crippen LogP contribution in [0.5, 0.6) is 5.75 Å². The highest BCUT2D eigenvalue weighted by Gasteiger charge is 2.37. The van der Waals surface area contributed by atoms with Gasteiger partial charge < -0.3 is 14.6 Å². The fourth-order valence-corrected chi connectivity index (χ4v) is 4.28. The molecule has 2 heterocycles. The fraction of sp³-hybridized carbons (Fsp3) is 0.148. The first kappa shape index (κ1) is 23.2. The highest BCUT2D eigenvalue weighted by molar-refractivity contribution is 6.01. The maximum absolute atomic E-state index is 14.0. The number of methoxy groups -OCH3 is 1. The number of hydrogen-bond donors (Lipinski definition) is 1. The maximum atomic E-state index is 14.0. The molecule has 1 aliphatic rings. The predicted molar refractivity (Wildman–Crippen MR) is 130 cm³/mol. The third-order valence-electron chi connectivity index (χ3n) is 5.97. The normalized spacial score (nSPS) is 15.8. The largest absolute Gasteiger partial charge is 0.497 e. The van der Waals surface area contributed by atoms with E-state index in [4.69, 9.17) is 9.26 Å². The molecule has 0 aliphatic carbocycles. The van der Waals surface area contributed by atoms with Crippen LogP contribution in [0.15, 0.2) is 77.0 Å². The third kappa shape index (κ3) is 4.31. The topological polar surface area (TPSA) is 80.5 Å². The number of carbonyl (C=O) groups excluding carboxylic acids is 1. The summed E-state index contributed by atoms with van der Waals surface area (Å²) in [4.78, 5) is 19.0. The molecule has 1 atom stereocenters. The van der Waals surface area contributed by atoms with Crippen molar-refractivity contribution in [2.24, 2.45) is 0 Å². The quantitative estimate of drug-likeness (QED) is 0.371. The van der Waals surface area contributed by atoms with E-state index in [2.05, 4.69) is 15.5 Å². The number of nitrogens with zero attached hydrogens (tertiary/aromatic N) is 3. The molecule has 0 saturated carbocycles. The van der Waals surface area contributed by atoms with Crippen LogP contribution in [0.4, 0.5) is 19.3 Å². The van der Waals surface area contributed by atoms with Crippen LogP contribution in [-0.2, 0) is 0 Å². The van der Waals surface area contributed by atoms with E-state index in [9.17, 15) is 13.6 Å². The minimum Gasteiger partial charge on any atom is -0.497 e. The summed E-state index contributed by atoms with van der Waals surface area (Å²) in [7, 11) is 1.56. The Bertz CT molecular complexity index is 1460. The van der Waals surface area contributed by atoms with Crippen molar-refractivity contribution in [2.75, 3.05) is 12.0 Å². The number of allylic oxidation sites excluding steroid dienone is 1. The molecule has 0 saturated heterocycles. The smallest absolute Gasteiger partial charge is 0.327 e. The first-order chi connectivity index (χ1) is 17.3. The molecule has 4 aromatic rings. The van der Waals surface area contributed by atoms with E-state index in [1.807, 2.05) is 43.3 Å². The minimum atomic E-state index is -0.802. The zero-order valence-electron chi connectivity index (χ0n) is 19.8. The highest BCUT2D eigenvalue weighted by Crippen LogP contribution is 2.39. The van der Waals surface area contributed by atoms with Crippen molar-refractivity contribution in [2.45, 2.75) is 19.9 Å². The van der Waals surface area contributed by atoms with Gasteiger partial charge in [-0.25, -0.2) is 13.6 Å². The van der Waals surface area contributed by atoms with Crippen LogP contribution in [0.25, 0.3) is 17.0 Å². The molecule has 1 aliphatic heterocycles. The van der Waals surface area contributed by atoms with Gasteiger partial charge in [-0.15, -0.1) is 0 Å². The molecule has 5 rings (SSSR count). The van der Waals surface area contributed by atoms with Crippen molar-refractivity contribution in [1.82, 2.24) is 15.5 Å². The molecular formula is C27H22F2N4O3. The molecule has 1 N–H and O–H groups in total. The lowest BCUT2D eigenvalue weighted by Gasteiger charge is -2.35. The van der Waals surface area contributed by atoms with E-state index in [1.54, 1.807) is 26.2 Å². The highest BCUT2D eigenvalue weighted by atomic mass is 19.1. The number of aryl methyl sites for hydroxylation is 1. The molecule has 7 nitrogen and oxygen atoms in total. The van der Waals surface area contributed by atoms with Gasteiger partial charge >= 0.3 is 6.03 Å². The van der Waals surface area contributed by atoms with Gasteiger partial charge in [0, 0.05) is 17.3 Å². The molecule has 1 aromatic heterocycles. The van der Waals surface area contributed by atoms with Gasteiger partial charge in [-0.1, -0.05) is 41.1 Å². The van der Waals surface area contributed by atoms with Crippen LogP contribution in [0.3, 0.4) is 0 Å². The number of hydrogen-bond acceptors (Lipinski definition) is 5. The average molecular weight is 488 g/mol. The molecule has 1 unspecified atom stereocenters. The number of urea groups is 1. The summed E-state index contributed by atoms with van der Waals surface area (Å²) < 4.78 is 39.0. The second-order valence-electron chi connectivity index (χ2n) is 8.41. The molecule has 0 radical (unpaired) electrons. The second-order valence-corrected chi connectivity index (χ2v) is 8.41. The lowest BCUT2D eigenvalue weighted by atomic mass is 9.94. The molecule has 182 valence electrons. The van der Waals surface area contributed by atoms with Crippen LogP contribution >= 0.6 is 0 Å². The van der Waals surface area contributed by atoms with E-state index < -0.39 is 23.7 Å². The van der Waals surface area contributed by atoms with Crippen LogP contribution < -0.4 is 15.0 Å². The molecule has 0 spiro atoms. The number of anilines is 1. The molecular weight excluding hydrogens is 466 g/mol. The van der Waals surface area contributed by atoms with E-state index >= 15 is 0 Å². The van der Waals surface area contributed by atoms with Crippen LogP contribution in [0.2, 0.25) is 0 Å². The summed E-state index contributed by atoms with van der Waals surface area (Å²) >= 11 is 0. The maximum Gasteiger partial charge on any atom is 0.327 e. The van der Waals surface area contributed by atoms with Crippen LogP contribution in [0, 0.1) is 18.6 Å². The molecule has 9 heteroatoms. The van der Waals surface area contributed by atoms with E-state index in [-0.39, 0.29) is 11.6 Å². The van der Waals surface area contributed by atoms with Gasteiger partial charge in [0.1, 0.15) is 17.4 Å². The standard InChI is InChI=1S/C27H22F2N4O3/c1-15-5-4-6-18(11-15)25-31-26(36-32-25)23-16(2)33(21-13-19(28)12-20(29)14-21)27(34)30-24(23)17-7-9-22(35-3)10-8-17/h4-14,24H,1-3H3,(H,30,34). The Balaban J connectivity index is 1.66. The Kier molecular flexibility index (Phi) is 5.97. The van der Waals surface area contributed by atoms with E-state index in [0.29, 0.717) is 22.8 Å². The van der Waals surface area contributed by atoms with Gasteiger partial charge in [-0.05, 0) is 49.7 Å². The van der Waals surface area contributed by atoms with E-state index in [1.165, 1.54) is 4.90 Å². The monoisotopic (exact) mass is 488 g/mol. The number of halogens is 2. The van der Waals surface area contributed by atoms with Gasteiger partial charge in [0.2, 0.25) is 5.82 Å². The summed E-state index contributed by atoms with van der Waals surface area (Å²) in [6.45, 7) is 3.63. The zero-order valence-corrected chi connectivity index (χ0v) is 19.8. The first-order valence-corrected chi connectivity index (χ1v) is 11.2. The molecule has 0 fully saturated rings. The van der Waals surface area contributed by atoms with Crippen LogP contribution in [0.1, 0.15) is 30.0 Å². The van der Waals surface area contributed by atoms with Gasteiger partial charge in [-0.2, -0.15) is 4.98 Å². The van der Waals surface area contributed by atoms with Crippen molar-refractivity contribution in [3.8, 4) is 17.1 Å². The number of aromatic nitrogens is 2. The summed E-state index contributed by atoms with van der Waals surface area (Å²) in [5.41, 5.74) is 3.47. The van der Waals surface area contributed by atoms with Crippen LogP contribution in [-0.4, -0.2) is 23.3 Å². The number of carbonyl (C=O) groups is 1. The lowest BCUT2D eigenvalue weighted by Crippen LogP contribution is -2.46. The Morgan fingerprint density at radius 3 is 2.39 bits per heavy atom. The molecule has 3 aromatic carbocycles. The van der Waals surface area contributed by atoms with Crippen molar-refractivity contribution in [1.29, 1.82) is 0 Å². The first-order valence-electron chi connectivity index (χ1n) is 11.2. The zero-order chi connectivity index (χ0) is 25.4. The fourth-order valence-electron chi connectivity index (χ4n) is 4.28. The molecule has 0 bridgehead atoms. The van der Waals surface area contributed by atoms with Gasteiger partial charge in [0.25, 0.3) is 5.89 Å². The second kappa shape index (κ2) is 9.26. The Morgan fingerprint density at radius 2 is 1.72 bits per heavy atom. The van der Waals surface area contributed by atoms with Crippen molar-refractivity contribution in [3.63, 3.8) is 0 Å². The van der Waals surface area contributed by atoms with Crippen molar-refractivity contribution < 1.29 is 22.8 Å². The third-order valence-corrected chi connectivity index (χ3v) is 5.97. The Hall–Kier alpha value is -4.53. The number of ether oxygens (including phenoxy) is 1. The summed E-state index contributed by atoms with van der Waals surface area (Å²) in [5, 5.41) is 7.06. The number of benzene rings is 3. The van der Waals surface area contributed by atoms with Crippen molar-refractivity contribution in [3.05, 3.63) is 101 Å². The summed E-state index contributed by atoms with van der Waals surface area (Å²) in [6.07, 6.45) is 0. The average Bonchev–Trinajstić information content (AvgIpc) is 3.33. The summed E-state index contributed by atoms with van der Waals surface area (Å²) in [5.74, 6) is -0.401. The van der Waals surface area contributed by atoms with Crippen molar-refractivity contribution >= 4 is 17.3 Å². The molecule has 2 amide bonds. The van der Waals surface area contributed by atoms with E-state index in [0.717, 1.165) is 34.9 Å². The summed E-state index contributed by atoms with van der Waals surface area (Å²) in [6, 6.07) is 16.5. The number of rotatable bonds is 5. The van der Waals surface area contributed by atoms with Gasteiger partial charge in [-0.3, -0.25) is 4.90 Å². The SMILES string of the molecule is COc1ccc(C2NC(=O)N(c3cc(F)cc(F)c3)C(C)=C2c2nc(-c3cccc(C)c3)no2)cc1. The number of nitrogens with one attached hydrogen (secondary N) is 1. The number of amides is 2. The van der Waals surface area contributed by atoms with Gasteiger partial charge in [0.05, 0.1) is 24.4 Å².